The van der Waals surface area contributed by atoms with E-state index in [0.29, 0.717) is 11.4 Å². The molecule has 19 heavy (non-hydrogen) atoms. The number of nitrogens with zero attached hydrogens (tertiary/aromatic N) is 3. The molecule has 6 nitrogen and oxygen atoms in total. The van der Waals surface area contributed by atoms with Gasteiger partial charge in [-0.05, 0) is 19.4 Å². The first-order valence-electron chi connectivity index (χ1n) is 6.77. The van der Waals surface area contributed by atoms with Crippen LogP contribution in [0.4, 0.5) is 0 Å². The van der Waals surface area contributed by atoms with Gasteiger partial charge in [0.15, 0.2) is 0 Å². The normalized spacial score (nSPS) is 21.7. The second kappa shape index (κ2) is 6.02. The minimum atomic E-state index is -3.41. The number of hydrogen-bond acceptors (Lipinski definition) is 4. The van der Waals surface area contributed by atoms with Crippen LogP contribution in [-0.2, 0) is 17.1 Å². The Bertz CT molecular complexity index is 512. The Hall–Kier alpha value is -0.920. The van der Waals surface area contributed by atoms with Gasteiger partial charge in [-0.15, -0.1) is 0 Å². The van der Waals surface area contributed by atoms with Crippen LogP contribution in [0.1, 0.15) is 26.2 Å². The third-order valence-electron chi connectivity index (χ3n) is 3.49. The van der Waals surface area contributed by atoms with E-state index >= 15 is 0 Å². The van der Waals surface area contributed by atoms with Crippen LogP contribution in [-0.4, -0.2) is 48.2 Å². The summed E-state index contributed by atoms with van der Waals surface area (Å²) in [5, 5.41) is 7.21. The molecule has 0 spiro atoms. The second-order valence-electron chi connectivity index (χ2n) is 4.92. The molecular weight excluding hydrogens is 264 g/mol. The van der Waals surface area contributed by atoms with Gasteiger partial charge in [-0.25, -0.2) is 8.42 Å². The minimum absolute atomic E-state index is 0.0545. The fraction of sp³-hybridized carbons (Fsp3) is 0.750. The maximum Gasteiger partial charge on any atom is 0.246 e. The van der Waals surface area contributed by atoms with Crippen molar-refractivity contribution in [2.24, 2.45) is 7.05 Å². The summed E-state index contributed by atoms with van der Waals surface area (Å²) < 4.78 is 28.4. The molecule has 1 N–H and O–H groups in total. The van der Waals surface area contributed by atoms with Gasteiger partial charge in [0.2, 0.25) is 10.0 Å². The summed E-state index contributed by atoms with van der Waals surface area (Å²) in [6.07, 6.45) is 5.94. The van der Waals surface area contributed by atoms with Gasteiger partial charge >= 0.3 is 0 Å². The Kier molecular flexibility index (Phi) is 4.59. The highest BCUT2D eigenvalue weighted by Crippen LogP contribution is 2.24. The average Bonchev–Trinajstić information content (AvgIpc) is 2.84. The van der Waals surface area contributed by atoms with Crippen LogP contribution in [0, 0.1) is 0 Å². The first kappa shape index (κ1) is 14.5. The number of hydrogen-bond donors (Lipinski definition) is 1. The van der Waals surface area contributed by atoms with Gasteiger partial charge in [-0.2, -0.15) is 9.40 Å². The Morgan fingerprint density at radius 2 is 2.26 bits per heavy atom. The van der Waals surface area contributed by atoms with Crippen molar-refractivity contribution >= 4 is 10.0 Å². The van der Waals surface area contributed by atoms with Crippen molar-refractivity contribution in [3.05, 3.63) is 12.4 Å². The third kappa shape index (κ3) is 3.16. The van der Waals surface area contributed by atoms with E-state index in [4.69, 9.17) is 0 Å². The molecule has 0 aromatic carbocycles. The van der Waals surface area contributed by atoms with Crippen molar-refractivity contribution in [3.8, 4) is 0 Å². The highest BCUT2D eigenvalue weighted by molar-refractivity contribution is 7.89. The Labute approximate surface area is 114 Å². The lowest BCUT2D eigenvalue weighted by Crippen LogP contribution is -2.48. The molecule has 1 aromatic heterocycles. The molecule has 0 bridgehead atoms. The van der Waals surface area contributed by atoms with E-state index < -0.39 is 10.0 Å². The maximum absolute atomic E-state index is 12.6. The van der Waals surface area contributed by atoms with E-state index in [0.717, 1.165) is 32.4 Å². The average molecular weight is 286 g/mol. The van der Waals surface area contributed by atoms with Crippen LogP contribution in [0.2, 0.25) is 0 Å². The molecule has 0 aliphatic carbocycles. The van der Waals surface area contributed by atoms with E-state index in [9.17, 15) is 8.42 Å². The summed E-state index contributed by atoms with van der Waals surface area (Å²) in [4.78, 5) is 0.290. The number of piperidine rings is 1. The van der Waals surface area contributed by atoms with Crippen molar-refractivity contribution in [3.63, 3.8) is 0 Å². The zero-order valence-electron chi connectivity index (χ0n) is 11.5. The van der Waals surface area contributed by atoms with Gasteiger partial charge in [0.1, 0.15) is 4.90 Å². The molecule has 1 aliphatic rings. The molecule has 1 atom stereocenters. The van der Waals surface area contributed by atoms with E-state index in [2.05, 4.69) is 10.4 Å². The first-order valence-corrected chi connectivity index (χ1v) is 8.21. The van der Waals surface area contributed by atoms with Gasteiger partial charge in [0, 0.05) is 32.4 Å². The lowest BCUT2D eigenvalue weighted by Gasteiger charge is -2.34. The minimum Gasteiger partial charge on any atom is -0.315 e. The molecule has 0 amide bonds. The first-order chi connectivity index (χ1) is 9.05. The van der Waals surface area contributed by atoms with Crippen molar-refractivity contribution in [1.29, 1.82) is 0 Å². The molecular formula is C12H22N4O2S. The molecule has 0 saturated carbocycles. The molecule has 0 radical (unpaired) electrons. The largest absolute Gasteiger partial charge is 0.315 e. The summed E-state index contributed by atoms with van der Waals surface area (Å²) in [6, 6.07) is 0.0545. The molecule has 1 fully saturated rings. The van der Waals surface area contributed by atoms with Crippen LogP contribution in [0.5, 0.6) is 0 Å². The molecule has 2 rings (SSSR count). The highest BCUT2D eigenvalue weighted by Gasteiger charge is 2.33. The molecule has 1 saturated heterocycles. The van der Waals surface area contributed by atoms with Gasteiger partial charge in [0.05, 0.1) is 6.20 Å². The van der Waals surface area contributed by atoms with E-state index in [1.54, 1.807) is 17.5 Å². The zero-order chi connectivity index (χ0) is 13.9. The number of aryl methyl sites for hydroxylation is 1. The van der Waals surface area contributed by atoms with Gasteiger partial charge < -0.3 is 5.32 Å². The summed E-state index contributed by atoms with van der Waals surface area (Å²) >= 11 is 0. The zero-order valence-corrected chi connectivity index (χ0v) is 12.4. The Morgan fingerprint density at radius 3 is 2.89 bits per heavy atom. The summed E-state index contributed by atoms with van der Waals surface area (Å²) in [7, 11) is -1.68. The summed E-state index contributed by atoms with van der Waals surface area (Å²) in [5.41, 5.74) is 0. The SMILES string of the molecule is CCNCC1CCCCN1S(=O)(=O)c1cnn(C)c1. The smallest absolute Gasteiger partial charge is 0.246 e. The Morgan fingerprint density at radius 1 is 1.47 bits per heavy atom. The number of nitrogens with one attached hydrogen (secondary N) is 1. The topological polar surface area (TPSA) is 67.2 Å². The van der Waals surface area contributed by atoms with Gasteiger partial charge in [0.25, 0.3) is 0 Å². The van der Waals surface area contributed by atoms with E-state index in [-0.39, 0.29) is 6.04 Å². The number of likely N-dealkylation sites (N-methyl/N-ethyl adjacent to an activating group) is 1. The van der Waals surface area contributed by atoms with Crippen molar-refractivity contribution in [2.45, 2.75) is 37.1 Å². The molecule has 7 heteroatoms. The van der Waals surface area contributed by atoms with Crippen LogP contribution in [0.3, 0.4) is 0 Å². The van der Waals surface area contributed by atoms with Crippen molar-refractivity contribution in [2.75, 3.05) is 19.6 Å². The molecule has 1 unspecified atom stereocenters. The quantitative estimate of drug-likeness (QED) is 0.859. The Balaban J connectivity index is 2.21. The molecule has 1 aliphatic heterocycles. The molecule has 108 valence electrons. The van der Waals surface area contributed by atoms with Crippen molar-refractivity contribution in [1.82, 2.24) is 19.4 Å². The maximum atomic E-state index is 12.6. The van der Waals surface area contributed by atoms with Crippen LogP contribution < -0.4 is 5.32 Å². The second-order valence-corrected chi connectivity index (χ2v) is 6.81. The number of sulfonamides is 1. The molecule has 2 heterocycles. The van der Waals surface area contributed by atoms with Gasteiger partial charge in [-0.3, -0.25) is 4.68 Å². The van der Waals surface area contributed by atoms with Crippen LogP contribution >= 0.6 is 0 Å². The van der Waals surface area contributed by atoms with Crippen LogP contribution in [0.15, 0.2) is 17.3 Å². The summed E-state index contributed by atoms with van der Waals surface area (Å²) in [6.45, 7) is 4.21. The fourth-order valence-corrected chi connectivity index (χ4v) is 4.15. The predicted molar refractivity (Wildman–Crippen MR) is 73.3 cm³/mol. The standard InChI is InChI=1S/C12H22N4O2S/c1-3-13-8-11-6-4-5-7-16(11)19(17,18)12-9-14-15(2)10-12/h9-11,13H,3-8H2,1-2H3. The number of aromatic nitrogens is 2. The van der Waals surface area contributed by atoms with Crippen molar-refractivity contribution < 1.29 is 8.42 Å². The van der Waals surface area contributed by atoms with Crippen LogP contribution in [0.25, 0.3) is 0 Å². The van der Waals surface area contributed by atoms with Gasteiger partial charge in [-0.1, -0.05) is 13.3 Å². The number of rotatable bonds is 5. The lowest BCUT2D eigenvalue weighted by atomic mass is 10.1. The summed E-state index contributed by atoms with van der Waals surface area (Å²) in [5.74, 6) is 0. The predicted octanol–water partition coefficient (Wildman–Crippen LogP) is 0.573. The lowest BCUT2D eigenvalue weighted by molar-refractivity contribution is 0.246. The third-order valence-corrected chi connectivity index (χ3v) is 5.40. The van der Waals surface area contributed by atoms with E-state index in [1.165, 1.54) is 10.9 Å². The monoisotopic (exact) mass is 286 g/mol. The highest BCUT2D eigenvalue weighted by atomic mass is 32.2. The fourth-order valence-electron chi connectivity index (χ4n) is 2.47. The van der Waals surface area contributed by atoms with E-state index in [1.807, 2.05) is 6.92 Å². The molecule has 1 aromatic rings.